The Labute approximate surface area is 176 Å². The van der Waals surface area contributed by atoms with Crippen molar-refractivity contribution in [3.05, 3.63) is 65.6 Å². The Morgan fingerprint density at radius 3 is 2.53 bits per heavy atom. The van der Waals surface area contributed by atoms with Crippen LogP contribution < -0.4 is 20.9 Å². The maximum atomic E-state index is 12.4. The molecule has 0 unspecified atom stereocenters. The van der Waals surface area contributed by atoms with E-state index in [4.69, 9.17) is 0 Å². The Morgan fingerprint density at radius 1 is 0.967 bits per heavy atom. The number of nitrogens with one attached hydrogen (secondary N) is 3. The van der Waals surface area contributed by atoms with Gasteiger partial charge >= 0.3 is 0 Å². The fourth-order valence-electron chi connectivity index (χ4n) is 2.85. The van der Waals surface area contributed by atoms with Gasteiger partial charge in [-0.2, -0.15) is 0 Å². The van der Waals surface area contributed by atoms with Gasteiger partial charge in [-0.25, -0.2) is 15.0 Å². The van der Waals surface area contributed by atoms with Gasteiger partial charge in [0.25, 0.3) is 5.91 Å². The van der Waals surface area contributed by atoms with Crippen LogP contribution in [-0.2, 0) is 0 Å². The lowest BCUT2D eigenvalue weighted by Crippen LogP contribution is -2.29. The quantitative estimate of drug-likeness (QED) is 0.496. The molecule has 2 aromatic heterocycles. The summed E-state index contributed by atoms with van der Waals surface area (Å²) in [7, 11) is 3.89. The molecule has 2 heterocycles. The van der Waals surface area contributed by atoms with Crippen LogP contribution in [0.25, 0.3) is 0 Å². The molecule has 3 N–H and O–H groups in total. The minimum atomic E-state index is -0.104. The second-order valence-electron chi connectivity index (χ2n) is 7.16. The summed E-state index contributed by atoms with van der Waals surface area (Å²) >= 11 is 0. The molecule has 8 heteroatoms. The molecule has 3 aromatic rings. The first-order valence-corrected chi connectivity index (χ1v) is 9.75. The Hall–Kier alpha value is -3.68. The summed E-state index contributed by atoms with van der Waals surface area (Å²) < 4.78 is 0. The number of hydrogen-bond acceptors (Lipinski definition) is 7. The summed E-state index contributed by atoms with van der Waals surface area (Å²) in [6.07, 6.45) is 1.75. The standard InChI is InChI=1S/C22H27N7O/c1-15-8-9-23-19(12-15)28-21-14-20(26-16(2)27-21)24-10-11-25-22(30)17-6-5-7-18(13-17)29(3)4/h5-9,12-14H,10-11H2,1-4H3,(H,25,30)(H2,23,24,26,27,28). The number of rotatable bonds is 8. The SMILES string of the molecule is Cc1ccnc(Nc2cc(NCCNC(=O)c3cccc(N(C)C)c3)nc(C)n2)c1. The second-order valence-corrected chi connectivity index (χ2v) is 7.16. The van der Waals surface area contributed by atoms with Gasteiger partial charge in [-0.05, 0) is 49.7 Å². The molecule has 0 aliphatic rings. The van der Waals surface area contributed by atoms with Gasteiger partial charge in [-0.1, -0.05) is 6.07 Å². The van der Waals surface area contributed by atoms with Gasteiger partial charge < -0.3 is 20.9 Å². The highest BCUT2D eigenvalue weighted by Gasteiger charge is 2.07. The highest BCUT2D eigenvalue weighted by atomic mass is 16.1. The maximum absolute atomic E-state index is 12.4. The number of carbonyl (C=O) groups is 1. The van der Waals surface area contributed by atoms with E-state index in [0.29, 0.717) is 36.1 Å². The molecule has 0 saturated heterocycles. The Kier molecular flexibility index (Phi) is 6.79. The summed E-state index contributed by atoms with van der Waals surface area (Å²) in [5.74, 6) is 2.60. The number of aromatic nitrogens is 3. The normalized spacial score (nSPS) is 10.4. The third-order valence-electron chi connectivity index (χ3n) is 4.35. The molecule has 0 aliphatic carbocycles. The van der Waals surface area contributed by atoms with E-state index in [1.807, 2.05) is 69.2 Å². The Bertz CT molecular complexity index is 1020. The highest BCUT2D eigenvalue weighted by molar-refractivity contribution is 5.95. The van der Waals surface area contributed by atoms with E-state index in [1.165, 1.54) is 0 Å². The van der Waals surface area contributed by atoms with Crippen LogP contribution in [-0.4, -0.2) is 48.0 Å². The fourth-order valence-corrected chi connectivity index (χ4v) is 2.85. The first kappa shape index (κ1) is 21.0. The molecule has 0 bridgehead atoms. The summed E-state index contributed by atoms with van der Waals surface area (Å²) in [5.41, 5.74) is 2.74. The van der Waals surface area contributed by atoms with Gasteiger partial charge in [-0.15, -0.1) is 0 Å². The van der Waals surface area contributed by atoms with Gasteiger partial charge in [-0.3, -0.25) is 4.79 Å². The topological polar surface area (TPSA) is 95.1 Å². The molecule has 8 nitrogen and oxygen atoms in total. The molecule has 0 fully saturated rings. The number of pyridine rings is 1. The van der Waals surface area contributed by atoms with Crippen molar-refractivity contribution in [2.24, 2.45) is 0 Å². The van der Waals surface area contributed by atoms with Crippen LogP contribution in [0.2, 0.25) is 0 Å². The minimum absolute atomic E-state index is 0.104. The first-order valence-electron chi connectivity index (χ1n) is 9.75. The molecule has 1 amide bonds. The number of carbonyl (C=O) groups excluding carboxylic acids is 1. The van der Waals surface area contributed by atoms with Crippen LogP contribution in [0, 0.1) is 13.8 Å². The number of hydrogen-bond donors (Lipinski definition) is 3. The van der Waals surface area contributed by atoms with Gasteiger partial charge in [0, 0.05) is 50.7 Å². The first-order chi connectivity index (χ1) is 14.4. The second kappa shape index (κ2) is 9.69. The average molecular weight is 406 g/mol. The predicted octanol–water partition coefficient (Wildman–Crippen LogP) is 3.14. The van der Waals surface area contributed by atoms with Crippen molar-refractivity contribution in [1.29, 1.82) is 0 Å². The largest absolute Gasteiger partial charge is 0.378 e. The van der Waals surface area contributed by atoms with E-state index in [-0.39, 0.29) is 5.91 Å². The van der Waals surface area contributed by atoms with Crippen molar-refractivity contribution in [3.8, 4) is 0 Å². The van der Waals surface area contributed by atoms with Gasteiger partial charge in [0.1, 0.15) is 23.3 Å². The van der Waals surface area contributed by atoms with Crippen molar-refractivity contribution < 1.29 is 4.79 Å². The van der Waals surface area contributed by atoms with Crippen molar-refractivity contribution in [3.63, 3.8) is 0 Å². The zero-order chi connectivity index (χ0) is 21.5. The number of anilines is 4. The zero-order valence-electron chi connectivity index (χ0n) is 17.7. The van der Waals surface area contributed by atoms with Gasteiger partial charge in [0.05, 0.1) is 0 Å². The molecular weight excluding hydrogens is 378 g/mol. The van der Waals surface area contributed by atoms with Crippen molar-refractivity contribution >= 4 is 29.0 Å². The lowest BCUT2D eigenvalue weighted by molar-refractivity contribution is 0.0955. The van der Waals surface area contributed by atoms with Gasteiger partial charge in [0.2, 0.25) is 0 Å². The lowest BCUT2D eigenvalue weighted by atomic mass is 10.2. The van der Waals surface area contributed by atoms with Crippen molar-refractivity contribution in [2.45, 2.75) is 13.8 Å². The van der Waals surface area contributed by atoms with Crippen LogP contribution in [0.5, 0.6) is 0 Å². The minimum Gasteiger partial charge on any atom is -0.378 e. The Morgan fingerprint density at radius 2 is 1.77 bits per heavy atom. The van der Waals surface area contributed by atoms with E-state index in [2.05, 4.69) is 30.9 Å². The lowest BCUT2D eigenvalue weighted by Gasteiger charge is -2.14. The Balaban J connectivity index is 1.54. The monoisotopic (exact) mass is 405 g/mol. The molecule has 156 valence electrons. The number of amides is 1. The van der Waals surface area contributed by atoms with E-state index >= 15 is 0 Å². The molecule has 0 spiro atoms. The third kappa shape index (κ3) is 5.91. The molecule has 3 rings (SSSR count). The number of nitrogens with zero attached hydrogens (tertiary/aromatic N) is 4. The van der Waals surface area contributed by atoms with Crippen LogP contribution in [0.4, 0.5) is 23.1 Å². The summed E-state index contributed by atoms with van der Waals surface area (Å²) in [5, 5.41) is 9.34. The molecule has 0 atom stereocenters. The summed E-state index contributed by atoms with van der Waals surface area (Å²) in [4.78, 5) is 27.4. The summed E-state index contributed by atoms with van der Waals surface area (Å²) in [6.45, 7) is 4.85. The van der Waals surface area contributed by atoms with E-state index < -0.39 is 0 Å². The maximum Gasteiger partial charge on any atom is 0.251 e. The number of aryl methyl sites for hydroxylation is 2. The van der Waals surface area contributed by atoms with E-state index in [0.717, 1.165) is 17.1 Å². The highest BCUT2D eigenvalue weighted by Crippen LogP contribution is 2.16. The molecule has 0 aliphatic heterocycles. The predicted molar refractivity (Wildman–Crippen MR) is 121 cm³/mol. The van der Waals surface area contributed by atoms with Crippen molar-refractivity contribution in [1.82, 2.24) is 20.3 Å². The third-order valence-corrected chi connectivity index (χ3v) is 4.35. The zero-order valence-corrected chi connectivity index (χ0v) is 17.7. The van der Waals surface area contributed by atoms with Gasteiger partial charge in [0.15, 0.2) is 0 Å². The van der Waals surface area contributed by atoms with Crippen LogP contribution in [0.15, 0.2) is 48.7 Å². The molecule has 1 aromatic carbocycles. The molecule has 0 saturated carbocycles. The smallest absolute Gasteiger partial charge is 0.251 e. The van der Waals surface area contributed by atoms with E-state index in [9.17, 15) is 4.79 Å². The molecule has 0 radical (unpaired) electrons. The van der Waals surface area contributed by atoms with Crippen LogP contribution in [0.1, 0.15) is 21.7 Å². The van der Waals surface area contributed by atoms with Crippen LogP contribution >= 0.6 is 0 Å². The van der Waals surface area contributed by atoms with E-state index in [1.54, 1.807) is 12.3 Å². The van der Waals surface area contributed by atoms with Crippen molar-refractivity contribution in [2.75, 3.05) is 42.7 Å². The van der Waals surface area contributed by atoms with Crippen LogP contribution in [0.3, 0.4) is 0 Å². The molecular formula is C22H27N7O. The fraction of sp³-hybridized carbons (Fsp3) is 0.273. The number of benzene rings is 1. The molecule has 30 heavy (non-hydrogen) atoms. The summed E-state index contributed by atoms with van der Waals surface area (Å²) in [6, 6.07) is 13.2. The average Bonchev–Trinajstić information content (AvgIpc) is 2.71.